The first-order valence-corrected chi connectivity index (χ1v) is 8.35. The van der Waals surface area contributed by atoms with Gasteiger partial charge in [0.2, 0.25) is 0 Å². The van der Waals surface area contributed by atoms with Gasteiger partial charge in [-0.05, 0) is 71.1 Å². The highest BCUT2D eigenvalue weighted by Crippen LogP contribution is 2.37. The second kappa shape index (κ2) is 6.12. The second-order valence-electron chi connectivity index (χ2n) is 6.27. The van der Waals surface area contributed by atoms with Gasteiger partial charge in [0.1, 0.15) is 5.82 Å². The number of hydrogen-bond donors (Lipinski definition) is 1. The zero-order chi connectivity index (χ0) is 14.1. The van der Waals surface area contributed by atoms with Gasteiger partial charge in [-0.25, -0.2) is 4.39 Å². The van der Waals surface area contributed by atoms with Crippen LogP contribution in [-0.4, -0.2) is 24.5 Å². The predicted octanol–water partition coefficient (Wildman–Crippen LogP) is 3.71. The van der Waals surface area contributed by atoms with Crippen molar-refractivity contribution in [3.8, 4) is 0 Å². The molecule has 0 bridgehead atoms. The smallest absolute Gasteiger partial charge is 0.137 e. The van der Waals surface area contributed by atoms with Crippen LogP contribution in [0.15, 0.2) is 22.7 Å². The van der Waals surface area contributed by atoms with Gasteiger partial charge in [-0.3, -0.25) is 4.90 Å². The summed E-state index contributed by atoms with van der Waals surface area (Å²) in [5.74, 6) is 1.50. The molecule has 4 heteroatoms. The largest absolute Gasteiger partial charge is 0.329 e. The van der Waals surface area contributed by atoms with Crippen molar-refractivity contribution in [1.29, 1.82) is 0 Å². The van der Waals surface area contributed by atoms with Gasteiger partial charge >= 0.3 is 0 Å². The highest BCUT2D eigenvalue weighted by Gasteiger charge is 2.32. The lowest BCUT2D eigenvalue weighted by molar-refractivity contribution is 0.184. The molecule has 2 saturated carbocycles. The summed E-state index contributed by atoms with van der Waals surface area (Å²) in [5, 5.41) is 0. The molecule has 0 spiro atoms. The Morgan fingerprint density at radius 3 is 2.25 bits per heavy atom. The zero-order valence-corrected chi connectivity index (χ0v) is 13.3. The van der Waals surface area contributed by atoms with Crippen LogP contribution < -0.4 is 5.73 Å². The van der Waals surface area contributed by atoms with Crippen LogP contribution in [0.4, 0.5) is 4.39 Å². The topological polar surface area (TPSA) is 29.3 Å². The molecule has 0 amide bonds. The van der Waals surface area contributed by atoms with Crippen molar-refractivity contribution in [1.82, 2.24) is 4.90 Å². The molecule has 2 N–H and O–H groups in total. The van der Waals surface area contributed by atoms with Crippen molar-refractivity contribution in [2.75, 3.05) is 19.6 Å². The van der Waals surface area contributed by atoms with E-state index in [1.807, 2.05) is 12.1 Å². The third-order valence-electron chi connectivity index (χ3n) is 4.37. The Kier molecular flexibility index (Phi) is 4.43. The minimum absolute atomic E-state index is 0.208. The molecular weight excluding hydrogens is 319 g/mol. The van der Waals surface area contributed by atoms with Gasteiger partial charge in [-0.1, -0.05) is 6.07 Å². The fraction of sp³-hybridized carbons (Fsp3) is 0.625. The average Bonchev–Trinajstić information content (AvgIpc) is 3.30. The van der Waals surface area contributed by atoms with Gasteiger partial charge < -0.3 is 5.73 Å². The predicted molar refractivity (Wildman–Crippen MR) is 82.9 cm³/mol. The molecule has 2 fully saturated rings. The molecule has 1 aromatic carbocycles. The normalized spacial score (nSPS) is 20.4. The summed E-state index contributed by atoms with van der Waals surface area (Å²) in [6.07, 6.45) is 5.41. The molecule has 1 atom stereocenters. The molecule has 2 aliphatic rings. The molecule has 0 heterocycles. The molecule has 2 aliphatic carbocycles. The third-order valence-corrected chi connectivity index (χ3v) is 4.98. The van der Waals surface area contributed by atoms with Crippen LogP contribution in [0.3, 0.4) is 0 Å². The van der Waals surface area contributed by atoms with Gasteiger partial charge in [-0.15, -0.1) is 0 Å². The molecule has 0 saturated heterocycles. The number of hydrogen-bond acceptors (Lipinski definition) is 2. The number of nitrogens with two attached hydrogens (primary N) is 1. The highest BCUT2D eigenvalue weighted by molar-refractivity contribution is 9.10. The maximum absolute atomic E-state index is 13.4. The van der Waals surface area contributed by atoms with Gasteiger partial charge in [0.15, 0.2) is 0 Å². The molecule has 0 aliphatic heterocycles. The SMILES string of the molecule is NCC(c1ccc(F)c(Br)c1)N(CC1CC1)CC1CC1. The number of halogens is 2. The molecule has 0 aromatic heterocycles. The molecule has 1 unspecified atom stereocenters. The summed E-state index contributed by atoms with van der Waals surface area (Å²) in [7, 11) is 0. The lowest BCUT2D eigenvalue weighted by Crippen LogP contribution is -2.36. The van der Waals surface area contributed by atoms with Crippen molar-refractivity contribution >= 4 is 15.9 Å². The van der Waals surface area contributed by atoms with E-state index < -0.39 is 0 Å². The molecule has 3 rings (SSSR count). The Morgan fingerprint density at radius 1 is 1.20 bits per heavy atom. The van der Waals surface area contributed by atoms with Crippen LogP contribution in [0.2, 0.25) is 0 Å². The second-order valence-corrected chi connectivity index (χ2v) is 7.12. The first-order chi connectivity index (χ1) is 9.67. The summed E-state index contributed by atoms with van der Waals surface area (Å²) < 4.78 is 13.9. The van der Waals surface area contributed by atoms with Crippen LogP contribution in [0.5, 0.6) is 0 Å². The molecule has 110 valence electrons. The number of nitrogens with zero attached hydrogens (tertiary/aromatic N) is 1. The maximum atomic E-state index is 13.4. The van der Waals surface area contributed by atoms with E-state index in [1.165, 1.54) is 31.7 Å². The van der Waals surface area contributed by atoms with Gasteiger partial charge in [0.25, 0.3) is 0 Å². The Balaban J connectivity index is 1.77. The van der Waals surface area contributed by atoms with Crippen molar-refractivity contribution in [2.45, 2.75) is 31.7 Å². The lowest BCUT2D eigenvalue weighted by Gasteiger charge is -2.31. The fourth-order valence-corrected chi connectivity index (χ4v) is 3.21. The zero-order valence-electron chi connectivity index (χ0n) is 11.7. The van der Waals surface area contributed by atoms with Crippen LogP contribution >= 0.6 is 15.9 Å². The quantitative estimate of drug-likeness (QED) is 0.819. The van der Waals surface area contributed by atoms with E-state index in [0.29, 0.717) is 11.0 Å². The lowest BCUT2D eigenvalue weighted by atomic mass is 10.0. The van der Waals surface area contributed by atoms with E-state index in [9.17, 15) is 4.39 Å². The van der Waals surface area contributed by atoms with E-state index in [-0.39, 0.29) is 11.9 Å². The van der Waals surface area contributed by atoms with E-state index in [0.717, 1.165) is 30.5 Å². The van der Waals surface area contributed by atoms with E-state index >= 15 is 0 Å². The molecule has 20 heavy (non-hydrogen) atoms. The third kappa shape index (κ3) is 3.60. The van der Waals surface area contributed by atoms with Gasteiger partial charge in [-0.2, -0.15) is 0 Å². The highest BCUT2D eigenvalue weighted by atomic mass is 79.9. The van der Waals surface area contributed by atoms with Crippen molar-refractivity contribution in [3.63, 3.8) is 0 Å². The van der Waals surface area contributed by atoms with Crippen LogP contribution in [0.25, 0.3) is 0 Å². The van der Waals surface area contributed by atoms with Crippen molar-refractivity contribution in [3.05, 3.63) is 34.1 Å². The number of benzene rings is 1. The summed E-state index contributed by atoms with van der Waals surface area (Å²) in [6.45, 7) is 2.89. The average molecular weight is 341 g/mol. The first-order valence-electron chi connectivity index (χ1n) is 7.56. The van der Waals surface area contributed by atoms with E-state index in [4.69, 9.17) is 5.73 Å². The Morgan fingerprint density at radius 2 is 1.80 bits per heavy atom. The van der Waals surface area contributed by atoms with Crippen molar-refractivity contribution < 1.29 is 4.39 Å². The van der Waals surface area contributed by atoms with E-state index in [1.54, 1.807) is 0 Å². The van der Waals surface area contributed by atoms with Crippen LogP contribution in [0, 0.1) is 17.7 Å². The fourth-order valence-electron chi connectivity index (χ4n) is 2.81. The standard InChI is InChI=1S/C16H22BrFN2/c17-14-7-13(5-6-15(14)18)16(8-19)20(9-11-1-2-11)10-12-3-4-12/h5-7,11-12,16H,1-4,8-10,19H2. The number of rotatable bonds is 7. The van der Waals surface area contributed by atoms with Crippen molar-refractivity contribution in [2.24, 2.45) is 17.6 Å². The summed E-state index contributed by atoms with van der Waals surface area (Å²) in [5.41, 5.74) is 7.16. The van der Waals surface area contributed by atoms with Crippen LogP contribution in [-0.2, 0) is 0 Å². The first kappa shape index (κ1) is 14.5. The minimum Gasteiger partial charge on any atom is -0.329 e. The summed E-state index contributed by atoms with van der Waals surface area (Å²) in [6, 6.07) is 5.52. The van der Waals surface area contributed by atoms with Gasteiger partial charge in [0.05, 0.1) is 4.47 Å². The molecule has 2 nitrogen and oxygen atoms in total. The molecule has 1 aromatic rings. The summed E-state index contributed by atoms with van der Waals surface area (Å²) in [4.78, 5) is 2.54. The minimum atomic E-state index is -0.208. The van der Waals surface area contributed by atoms with Gasteiger partial charge in [0, 0.05) is 25.7 Å². The molecule has 0 radical (unpaired) electrons. The van der Waals surface area contributed by atoms with Crippen LogP contribution in [0.1, 0.15) is 37.3 Å². The monoisotopic (exact) mass is 340 g/mol. The Hall–Kier alpha value is -0.450. The Bertz CT molecular complexity index is 458. The van der Waals surface area contributed by atoms with E-state index in [2.05, 4.69) is 20.8 Å². The molecular formula is C16H22BrFN2. The Labute approximate surface area is 128 Å². The summed E-state index contributed by atoms with van der Waals surface area (Å²) >= 11 is 3.28. The maximum Gasteiger partial charge on any atom is 0.137 e.